The quantitative estimate of drug-likeness (QED) is 0.697. The molecule has 1 aromatic rings. The second-order valence-electron chi connectivity index (χ2n) is 6.26. The summed E-state index contributed by atoms with van der Waals surface area (Å²) in [5, 5.41) is 8.85. The maximum Gasteiger partial charge on any atom is 0.310 e. The minimum Gasteiger partial charge on any atom is -0.466 e. The standard InChI is InChI=1S/C19H24FN3O3/c1-2-26-19(25)15-5-3-11-22(13-15)14-18(24)23(12-4-10-21)17-8-6-16(20)7-9-17/h6-9,15H,2-5,11-14H2,1H3. The third kappa shape index (κ3) is 5.53. The van der Waals surface area contributed by atoms with E-state index in [1.54, 1.807) is 6.92 Å². The highest BCUT2D eigenvalue weighted by atomic mass is 19.1. The van der Waals surface area contributed by atoms with Crippen LogP contribution >= 0.6 is 0 Å². The molecule has 0 aliphatic carbocycles. The van der Waals surface area contributed by atoms with Crippen LogP contribution in [0.1, 0.15) is 26.2 Å². The Balaban J connectivity index is 2.02. The summed E-state index contributed by atoms with van der Waals surface area (Å²) in [4.78, 5) is 28.1. The first-order valence-corrected chi connectivity index (χ1v) is 8.87. The van der Waals surface area contributed by atoms with E-state index >= 15 is 0 Å². The van der Waals surface area contributed by atoms with Crippen molar-refractivity contribution in [2.45, 2.75) is 26.2 Å². The minimum atomic E-state index is -0.380. The lowest BCUT2D eigenvalue weighted by Crippen LogP contribution is -2.46. The van der Waals surface area contributed by atoms with Gasteiger partial charge in [-0.05, 0) is 50.6 Å². The molecule has 6 nitrogen and oxygen atoms in total. The molecule has 7 heteroatoms. The molecule has 26 heavy (non-hydrogen) atoms. The molecule has 0 N–H and O–H groups in total. The Labute approximate surface area is 153 Å². The number of nitriles is 1. The highest BCUT2D eigenvalue weighted by molar-refractivity contribution is 5.94. The second kappa shape index (κ2) is 9.88. The molecule has 0 bridgehead atoms. The van der Waals surface area contributed by atoms with Crippen molar-refractivity contribution in [3.8, 4) is 6.07 Å². The van der Waals surface area contributed by atoms with Gasteiger partial charge < -0.3 is 9.64 Å². The number of carbonyl (C=O) groups excluding carboxylic acids is 2. The Morgan fingerprint density at radius 3 is 2.77 bits per heavy atom. The maximum absolute atomic E-state index is 13.1. The number of hydrogen-bond acceptors (Lipinski definition) is 5. The molecule has 0 saturated carbocycles. The number of halogens is 1. The summed E-state index contributed by atoms with van der Waals surface area (Å²) in [5.41, 5.74) is 0.561. The van der Waals surface area contributed by atoms with Crippen LogP contribution in [0.3, 0.4) is 0 Å². The van der Waals surface area contributed by atoms with Gasteiger partial charge in [-0.15, -0.1) is 0 Å². The van der Waals surface area contributed by atoms with E-state index in [1.165, 1.54) is 29.2 Å². The Kier molecular flexibility index (Phi) is 7.54. The summed E-state index contributed by atoms with van der Waals surface area (Å²) >= 11 is 0. The number of likely N-dealkylation sites (tertiary alicyclic amines) is 1. The van der Waals surface area contributed by atoms with Crippen molar-refractivity contribution in [2.75, 3.05) is 37.7 Å². The van der Waals surface area contributed by atoms with E-state index in [9.17, 15) is 14.0 Å². The van der Waals surface area contributed by atoms with E-state index in [0.717, 1.165) is 19.4 Å². The smallest absolute Gasteiger partial charge is 0.310 e. The molecular formula is C19H24FN3O3. The van der Waals surface area contributed by atoms with Crippen LogP contribution in [-0.2, 0) is 14.3 Å². The first-order valence-electron chi connectivity index (χ1n) is 8.87. The molecule has 1 unspecified atom stereocenters. The summed E-state index contributed by atoms with van der Waals surface area (Å²) in [6.45, 7) is 3.74. The van der Waals surface area contributed by atoms with E-state index in [-0.39, 0.29) is 43.1 Å². The molecule has 2 rings (SSSR count). The van der Waals surface area contributed by atoms with Crippen molar-refractivity contribution >= 4 is 17.6 Å². The van der Waals surface area contributed by atoms with E-state index in [1.807, 2.05) is 11.0 Å². The molecule has 0 spiro atoms. The molecule has 1 aromatic carbocycles. The van der Waals surface area contributed by atoms with E-state index in [4.69, 9.17) is 10.00 Å². The molecule has 1 aliphatic rings. The molecule has 0 radical (unpaired) electrons. The third-order valence-corrected chi connectivity index (χ3v) is 4.37. The van der Waals surface area contributed by atoms with Gasteiger partial charge in [0.05, 0.1) is 31.6 Å². The summed E-state index contributed by atoms with van der Waals surface area (Å²) in [6, 6.07) is 7.67. The molecule has 1 amide bonds. The fraction of sp³-hybridized carbons (Fsp3) is 0.526. The SMILES string of the molecule is CCOC(=O)C1CCCN(CC(=O)N(CCC#N)c2ccc(F)cc2)C1. The van der Waals surface area contributed by atoms with Gasteiger partial charge in [0, 0.05) is 18.8 Å². The number of hydrogen-bond donors (Lipinski definition) is 0. The summed E-state index contributed by atoms with van der Waals surface area (Å²) in [7, 11) is 0. The van der Waals surface area contributed by atoms with Crippen LogP contribution in [0, 0.1) is 23.1 Å². The molecule has 1 heterocycles. The second-order valence-corrected chi connectivity index (χ2v) is 6.26. The molecule has 1 aliphatic heterocycles. The third-order valence-electron chi connectivity index (χ3n) is 4.37. The number of esters is 1. The highest BCUT2D eigenvalue weighted by Gasteiger charge is 2.29. The van der Waals surface area contributed by atoms with Gasteiger partial charge in [-0.3, -0.25) is 14.5 Å². The normalized spacial score (nSPS) is 17.3. The van der Waals surface area contributed by atoms with Crippen LogP contribution in [0.5, 0.6) is 0 Å². The van der Waals surface area contributed by atoms with Crippen molar-refractivity contribution in [2.24, 2.45) is 5.92 Å². The lowest BCUT2D eigenvalue weighted by atomic mass is 9.98. The molecular weight excluding hydrogens is 337 g/mol. The molecule has 1 atom stereocenters. The monoisotopic (exact) mass is 361 g/mol. The van der Waals surface area contributed by atoms with Gasteiger partial charge in [0.2, 0.25) is 5.91 Å². The predicted molar refractivity (Wildman–Crippen MR) is 94.8 cm³/mol. The van der Waals surface area contributed by atoms with Crippen LogP contribution in [0.15, 0.2) is 24.3 Å². The van der Waals surface area contributed by atoms with Crippen LogP contribution in [0.2, 0.25) is 0 Å². The molecule has 140 valence electrons. The summed E-state index contributed by atoms with van der Waals surface area (Å²) in [6.07, 6.45) is 1.78. The van der Waals surface area contributed by atoms with Crippen molar-refractivity contribution in [3.05, 3.63) is 30.1 Å². The van der Waals surface area contributed by atoms with Gasteiger partial charge in [0.25, 0.3) is 0 Å². The van der Waals surface area contributed by atoms with Gasteiger partial charge in [0.1, 0.15) is 5.82 Å². The Bertz CT molecular complexity index is 657. The zero-order valence-corrected chi connectivity index (χ0v) is 15.0. The van der Waals surface area contributed by atoms with Gasteiger partial charge in [-0.2, -0.15) is 5.26 Å². The van der Waals surface area contributed by atoms with E-state index in [0.29, 0.717) is 18.8 Å². The molecule has 1 fully saturated rings. The van der Waals surface area contributed by atoms with E-state index < -0.39 is 0 Å². The van der Waals surface area contributed by atoms with Crippen LogP contribution in [0.25, 0.3) is 0 Å². The number of benzene rings is 1. The van der Waals surface area contributed by atoms with Crippen LogP contribution < -0.4 is 4.90 Å². The van der Waals surface area contributed by atoms with Crippen molar-refractivity contribution in [1.29, 1.82) is 5.26 Å². The number of nitrogens with zero attached hydrogens (tertiary/aromatic N) is 3. The summed E-state index contributed by atoms with van der Waals surface area (Å²) < 4.78 is 18.2. The number of piperidine rings is 1. The van der Waals surface area contributed by atoms with Crippen LogP contribution in [-0.4, -0.2) is 49.6 Å². The molecule has 1 saturated heterocycles. The first-order chi connectivity index (χ1) is 12.5. The van der Waals surface area contributed by atoms with Gasteiger partial charge in [0.15, 0.2) is 0 Å². The lowest BCUT2D eigenvalue weighted by molar-refractivity contribution is -0.150. The Morgan fingerprint density at radius 2 is 2.12 bits per heavy atom. The summed E-state index contributed by atoms with van der Waals surface area (Å²) in [5.74, 6) is -0.981. The highest BCUT2D eigenvalue weighted by Crippen LogP contribution is 2.20. The first kappa shape index (κ1) is 19.9. The average molecular weight is 361 g/mol. The van der Waals surface area contributed by atoms with Crippen molar-refractivity contribution < 1.29 is 18.7 Å². The van der Waals surface area contributed by atoms with Gasteiger partial charge in [-0.25, -0.2) is 4.39 Å². The fourth-order valence-electron chi connectivity index (χ4n) is 3.11. The predicted octanol–water partition coefficient (Wildman–Crippen LogP) is 2.35. The zero-order chi connectivity index (χ0) is 18.9. The number of amides is 1. The largest absolute Gasteiger partial charge is 0.466 e. The van der Waals surface area contributed by atoms with Gasteiger partial charge >= 0.3 is 5.97 Å². The fourth-order valence-corrected chi connectivity index (χ4v) is 3.11. The van der Waals surface area contributed by atoms with Crippen molar-refractivity contribution in [1.82, 2.24) is 4.90 Å². The number of carbonyl (C=O) groups is 2. The number of ether oxygens (including phenoxy) is 1. The number of anilines is 1. The minimum absolute atomic E-state index is 0.151. The Hall–Kier alpha value is -2.46. The lowest BCUT2D eigenvalue weighted by Gasteiger charge is -2.32. The number of rotatable bonds is 7. The zero-order valence-electron chi connectivity index (χ0n) is 15.0. The molecule has 0 aromatic heterocycles. The maximum atomic E-state index is 13.1. The average Bonchev–Trinajstić information content (AvgIpc) is 2.64. The van der Waals surface area contributed by atoms with Gasteiger partial charge in [-0.1, -0.05) is 0 Å². The van der Waals surface area contributed by atoms with E-state index in [2.05, 4.69) is 0 Å². The van der Waals surface area contributed by atoms with Crippen LogP contribution in [0.4, 0.5) is 10.1 Å². The Morgan fingerprint density at radius 1 is 1.38 bits per heavy atom. The topological polar surface area (TPSA) is 73.6 Å². The van der Waals surface area contributed by atoms with Crippen molar-refractivity contribution in [3.63, 3.8) is 0 Å².